The van der Waals surface area contributed by atoms with E-state index in [1.54, 1.807) is 13.0 Å². The highest BCUT2D eigenvalue weighted by atomic mass is 35.5. The molecule has 1 aromatic carbocycles. The SMILES string of the molecule is COC(=O)Cc1c(C)cc(Cl)cc1[N+](=O)[O-]. The second kappa shape index (κ2) is 4.94. The maximum absolute atomic E-state index is 11.1. The molecule has 0 saturated heterocycles. The van der Waals surface area contributed by atoms with Crippen molar-refractivity contribution in [3.8, 4) is 0 Å². The molecule has 0 amide bonds. The molecule has 0 atom stereocenters. The average Bonchev–Trinajstić information content (AvgIpc) is 2.20. The highest BCUT2D eigenvalue weighted by Crippen LogP contribution is 2.27. The number of carbonyl (C=O) groups excluding carboxylic acids is 1. The molecule has 6 heteroatoms. The first-order valence-corrected chi connectivity index (χ1v) is 4.83. The van der Waals surface area contributed by atoms with E-state index in [1.165, 1.54) is 13.2 Å². The fraction of sp³-hybridized carbons (Fsp3) is 0.300. The van der Waals surface area contributed by atoms with Gasteiger partial charge in [0.15, 0.2) is 0 Å². The van der Waals surface area contributed by atoms with Crippen molar-refractivity contribution in [2.45, 2.75) is 13.3 Å². The number of aryl methyl sites for hydroxylation is 1. The Labute approximate surface area is 97.1 Å². The van der Waals surface area contributed by atoms with Gasteiger partial charge in [-0.2, -0.15) is 0 Å². The second-order valence-corrected chi connectivity index (χ2v) is 3.67. The van der Waals surface area contributed by atoms with Crippen LogP contribution in [0.5, 0.6) is 0 Å². The molecule has 0 saturated carbocycles. The minimum absolute atomic E-state index is 0.129. The molecule has 16 heavy (non-hydrogen) atoms. The van der Waals surface area contributed by atoms with Gasteiger partial charge in [0.2, 0.25) is 0 Å². The summed E-state index contributed by atoms with van der Waals surface area (Å²) in [5.74, 6) is -0.520. The van der Waals surface area contributed by atoms with Gasteiger partial charge in [0.05, 0.1) is 18.5 Å². The Hall–Kier alpha value is -1.62. The molecule has 0 aromatic heterocycles. The lowest BCUT2D eigenvalue weighted by Crippen LogP contribution is -2.08. The zero-order chi connectivity index (χ0) is 12.3. The predicted molar refractivity (Wildman–Crippen MR) is 58.6 cm³/mol. The quantitative estimate of drug-likeness (QED) is 0.464. The predicted octanol–water partition coefficient (Wildman–Crippen LogP) is 2.27. The van der Waals surface area contributed by atoms with Crippen LogP contribution in [0.3, 0.4) is 0 Å². The summed E-state index contributed by atoms with van der Waals surface area (Å²) in [6.45, 7) is 1.66. The molecule has 0 radical (unpaired) electrons. The first-order valence-electron chi connectivity index (χ1n) is 4.46. The number of nitro groups is 1. The van der Waals surface area contributed by atoms with Gasteiger partial charge in [-0.1, -0.05) is 11.6 Å². The Balaban J connectivity index is 3.24. The molecule has 0 spiro atoms. The Kier molecular flexibility index (Phi) is 3.84. The van der Waals surface area contributed by atoms with Crippen LogP contribution in [-0.2, 0) is 16.0 Å². The number of hydrogen-bond acceptors (Lipinski definition) is 4. The van der Waals surface area contributed by atoms with Crippen LogP contribution in [0.2, 0.25) is 5.02 Å². The van der Waals surface area contributed by atoms with Crippen LogP contribution in [0.15, 0.2) is 12.1 Å². The smallest absolute Gasteiger partial charge is 0.310 e. The molecular weight excluding hydrogens is 234 g/mol. The van der Waals surface area contributed by atoms with Gasteiger partial charge < -0.3 is 4.74 Å². The average molecular weight is 244 g/mol. The molecule has 86 valence electrons. The molecule has 0 heterocycles. The van der Waals surface area contributed by atoms with E-state index in [1.807, 2.05) is 0 Å². The lowest BCUT2D eigenvalue weighted by atomic mass is 10.0. The van der Waals surface area contributed by atoms with Gasteiger partial charge >= 0.3 is 5.97 Å². The normalized spacial score (nSPS) is 9.94. The summed E-state index contributed by atoms with van der Waals surface area (Å²) in [5, 5.41) is 11.1. The monoisotopic (exact) mass is 243 g/mol. The van der Waals surface area contributed by atoms with Gasteiger partial charge in [0, 0.05) is 16.7 Å². The summed E-state index contributed by atoms with van der Waals surface area (Å²) in [7, 11) is 1.24. The van der Waals surface area contributed by atoms with Crippen molar-refractivity contribution in [1.82, 2.24) is 0 Å². The van der Waals surface area contributed by atoms with E-state index in [-0.39, 0.29) is 17.1 Å². The third-order valence-electron chi connectivity index (χ3n) is 2.16. The van der Waals surface area contributed by atoms with Crippen molar-refractivity contribution < 1.29 is 14.5 Å². The van der Waals surface area contributed by atoms with Crippen LogP contribution in [0, 0.1) is 17.0 Å². The van der Waals surface area contributed by atoms with Crippen LogP contribution in [0.1, 0.15) is 11.1 Å². The minimum Gasteiger partial charge on any atom is -0.469 e. The van der Waals surface area contributed by atoms with Crippen molar-refractivity contribution in [3.05, 3.63) is 38.4 Å². The van der Waals surface area contributed by atoms with E-state index in [9.17, 15) is 14.9 Å². The van der Waals surface area contributed by atoms with E-state index in [4.69, 9.17) is 11.6 Å². The zero-order valence-corrected chi connectivity index (χ0v) is 9.58. The van der Waals surface area contributed by atoms with Crippen LogP contribution in [0.25, 0.3) is 0 Å². The number of ether oxygens (including phenoxy) is 1. The zero-order valence-electron chi connectivity index (χ0n) is 8.82. The molecule has 0 N–H and O–H groups in total. The van der Waals surface area contributed by atoms with Gasteiger partial charge in [-0.15, -0.1) is 0 Å². The van der Waals surface area contributed by atoms with Gasteiger partial charge in [0.25, 0.3) is 5.69 Å². The molecule has 1 rings (SSSR count). The molecular formula is C10H10ClNO4. The minimum atomic E-state index is -0.558. The highest BCUT2D eigenvalue weighted by Gasteiger charge is 2.20. The number of methoxy groups -OCH3 is 1. The molecule has 0 aliphatic carbocycles. The summed E-state index contributed by atoms with van der Waals surface area (Å²) in [6.07, 6.45) is -0.129. The summed E-state index contributed by atoms with van der Waals surface area (Å²) in [5.41, 5.74) is 0.779. The van der Waals surface area contributed by atoms with Crippen molar-refractivity contribution >= 4 is 23.3 Å². The lowest BCUT2D eigenvalue weighted by molar-refractivity contribution is -0.385. The summed E-state index contributed by atoms with van der Waals surface area (Å²) in [6, 6.07) is 2.81. The molecule has 0 aliphatic rings. The Bertz CT molecular complexity index is 445. The Morgan fingerprint density at radius 1 is 1.56 bits per heavy atom. The number of hydrogen-bond donors (Lipinski definition) is 0. The lowest BCUT2D eigenvalue weighted by Gasteiger charge is -2.06. The number of halogens is 1. The maximum Gasteiger partial charge on any atom is 0.310 e. The number of nitrogens with zero attached hydrogens (tertiary/aromatic N) is 1. The van der Waals surface area contributed by atoms with E-state index < -0.39 is 10.9 Å². The van der Waals surface area contributed by atoms with Crippen molar-refractivity contribution in [1.29, 1.82) is 0 Å². The number of rotatable bonds is 3. The van der Waals surface area contributed by atoms with Crippen LogP contribution in [-0.4, -0.2) is 18.0 Å². The Morgan fingerprint density at radius 2 is 2.19 bits per heavy atom. The maximum atomic E-state index is 11.1. The topological polar surface area (TPSA) is 69.4 Å². The molecule has 0 unspecified atom stereocenters. The number of benzene rings is 1. The van der Waals surface area contributed by atoms with Crippen molar-refractivity contribution in [2.75, 3.05) is 7.11 Å². The highest BCUT2D eigenvalue weighted by molar-refractivity contribution is 6.30. The standard InChI is InChI=1S/C10H10ClNO4/c1-6-3-7(11)4-9(12(14)15)8(6)5-10(13)16-2/h3-4H,5H2,1-2H3. The summed E-state index contributed by atoms with van der Waals surface area (Å²) in [4.78, 5) is 21.3. The number of carbonyl (C=O) groups is 1. The molecule has 0 aliphatic heterocycles. The van der Waals surface area contributed by atoms with Gasteiger partial charge in [-0.25, -0.2) is 0 Å². The van der Waals surface area contributed by atoms with Crippen LogP contribution in [0.4, 0.5) is 5.69 Å². The van der Waals surface area contributed by atoms with Crippen LogP contribution >= 0.6 is 11.6 Å². The fourth-order valence-electron chi connectivity index (χ4n) is 1.36. The number of nitro benzene ring substituents is 1. The first kappa shape index (κ1) is 12.4. The van der Waals surface area contributed by atoms with Gasteiger partial charge in [-0.05, 0) is 18.6 Å². The third kappa shape index (κ3) is 2.70. The molecule has 0 fully saturated rings. The second-order valence-electron chi connectivity index (χ2n) is 3.23. The van der Waals surface area contributed by atoms with E-state index in [0.717, 1.165) is 0 Å². The van der Waals surface area contributed by atoms with E-state index in [0.29, 0.717) is 11.1 Å². The Morgan fingerprint density at radius 3 is 2.69 bits per heavy atom. The molecule has 0 bridgehead atoms. The van der Waals surface area contributed by atoms with Gasteiger partial charge in [0.1, 0.15) is 0 Å². The first-order chi connectivity index (χ1) is 7.45. The fourth-order valence-corrected chi connectivity index (χ4v) is 1.63. The van der Waals surface area contributed by atoms with Crippen molar-refractivity contribution in [2.24, 2.45) is 0 Å². The van der Waals surface area contributed by atoms with Crippen LogP contribution < -0.4 is 0 Å². The largest absolute Gasteiger partial charge is 0.469 e. The molecule has 5 nitrogen and oxygen atoms in total. The van der Waals surface area contributed by atoms with E-state index >= 15 is 0 Å². The third-order valence-corrected chi connectivity index (χ3v) is 2.38. The number of esters is 1. The van der Waals surface area contributed by atoms with Gasteiger partial charge in [-0.3, -0.25) is 14.9 Å². The summed E-state index contributed by atoms with van der Waals surface area (Å²) >= 11 is 5.72. The summed E-state index contributed by atoms with van der Waals surface area (Å²) < 4.78 is 4.48. The van der Waals surface area contributed by atoms with E-state index in [2.05, 4.69) is 4.74 Å². The molecule has 1 aromatic rings. The van der Waals surface area contributed by atoms with Crippen molar-refractivity contribution in [3.63, 3.8) is 0 Å².